The van der Waals surface area contributed by atoms with E-state index in [1.165, 1.54) is 0 Å². The summed E-state index contributed by atoms with van der Waals surface area (Å²) in [4.78, 5) is 24.5. The SMILES string of the molecule is COCCCNC(=O)c1ccc(C(=O)Nc2ccccc2C(C)C)cc1. The molecule has 5 nitrogen and oxygen atoms in total. The second kappa shape index (κ2) is 9.73. The number of hydrogen-bond acceptors (Lipinski definition) is 3. The number of benzene rings is 2. The molecule has 0 aliphatic carbocycles. The molecule has 0 saturated heterocycles. The molecule has 26 heavy (non-hydrogen) atoms. The fourth-order valence-corrected chi connectivity index (χ4v) is 2.60. The molecule has 2 aromatic rings. The zero-order valence-corrected chi connectivity index (χ0v) is 15.5. The van der Waals surface area contributed by atoms with Gasteiger partial charge in [0.1, 0.15) is 0 Å². The number of ether oxygens (including phenoxy) is 1. The molecule has 0 unspecified atom stereocenters. The third-order valence-electron chi connectivity index (χ3n) is 4.05. The van der Waals surface area contributed by atoms with Gasteiger partial charge in [0.2, 0.25) is 0 Å². The van der Waals surface area contributed by atoms with Gasteiger partial charge < -0.3 is 15.4 Å². The summed E-state index contributed by atoms with van der Waals surface area (Å²) >= 11 is 0. The van der Waals surface area contributed by atoms with Gasteiger partial charge in [0.05, 0.1) is 0 Å². The maximum absolute atomic E-state index is 12.5. The highest BCUT2D eigenvalue weighted by Crippen LogP contribution is 2.24. The highest BCUT2D eigenvalue weighted by Gasteiger charge is 2.12. The fourth-order valence-electron chi connectivity index (χ4n) is 2.60. The zero-order chi connectivity index (χ0) is 18.9. The molecule has 0 saturated carbocycles. The van der Waals surface area contributed by atoms with Crippen LogP contribution in [0.3, 0.4) is 0 Å². The first kappa shape index (κ1) is 19.7. The normalized spacial score (nSPS) is 10.6. The third-order valence-corrected chi connectivity index (χ3v) is 4.05. The van der Waals surface area contributed by atoms with Crippen LogP contribution in [-0.2, 0) is 4.74 Å². The van der Waals surface area contributed by atoms with Crippen molar-refractivity contribution in [2.45, 2.75) is 26.2 Å². The molecular weight excluding hydrogens is 328 g/mol. The standard InChI is InChI=1S/C21H26N2O3/c1-15(2)18-7-4-5-8-19(18)23-21(25)17-11-9-16(10-12-17)20(24)22-13-6-14-26-3/h4-5,7-12,15H,6,13-14H2,1-3H3,(H,22,24)(H,23,25). The molecule has 0 heterocycles. The van der Waals surface area contributed by atoms with Crippen molar-refractivity contribution in [1.29, 1.82) is 0 Å². The molecule has 2 rings (SSSR count). The van der Waals surface area contributed by atoms with Gasteiger partial charge in [-0.05, 0) is 48.2 Å². The summed E-state index contributed by atoms with van der Waals surface area (Å²) < 4.78 is 4.95. The van der Waals surface area contributed by atoms with Crippen LogP contribution in [0.5, 0.6) is 0 Å². The average Bonchev–Trinajstić information content (AvgIpc) is 2.65. The number of carbonyl (C=O) groups is 2. The van der Waals surface area contributed by atoms with Crippen LogP contribution in [0.15, 0.2) is 48.5 Å². The summed E-state index contributed by atoms with van der Waals surface area (Å²) in [5.74, 6) is -0.0287. The molecule has 0 aliphatic rings. The summed E-state index contributed by atoms with van der Waals surface area (Å²) in [5, 5.41) is 5.77. The van der Waals surface area contributed by atoms with Crippen LogP contribution in [0.4, 0.5) is 5.69 Å². The molecule has 2 amide bonds. The molecule has 0 spiro atoms. The highest BCUT2D eigenvalue weighted by molar-refractivity contribution is 6.05. The predicted octanol–water partition coefficient (Wildman–Crippen LogP) is 3.83. The molecule has 0 aliphatic heterocycles. The smallest absolute Gasteiger partial charge is 0.255 e. The Morgan fingerprint density at radius 1 is 0.962 bits per heavy atom. The Morgan fingerprint density at radius 3 is 2.19 bits per heavy atom. The predicted molar refractivity (Wildman–Crippen MR) is 104 cm³/mol. The lowest BCUT2D eigenvalue weighted by Crippen LogP contribution is -2.25. The van der Waals surface area contributed by atoms with Gasteiger partial charge in [-0.2, -0.15) is 0 Å². The van der Waals surface area contributed by atoms with Crippen molar-refractivity contribution in [1.82, 2.24) is 5.32 Å². The number of hydrogen-bond donors (Lipinski definition) is 2. The van der Waals surface area contributed by atoms with E-state index in [-0.39, 0.29) is 11.8 Å². The maximum Gasteiger partial charge on any atom is 0.255 e. The van der Waals surface area contributed by atoms with Gasteiger partial charge in [0.15, 0.2) is 0 Å². The van der Waals surface area contributed by atoms with Gasteiger partial charge in [-0.15, -0.1) is 0 Å². The molecule has 2 aromatic carbocycles. The molecule has 0 radical (unpaired) electrons. The Bertz CT molecular complexity index is 739. The second-order valence-corrected chi connectivity index (χ2v) is 6.38. The van der Waals surface area contributed by atoms with E-state index in [0.29, 0.717) is 30.2 Å². The van der Waals surface area contributed by atoms with Crippen molar-refractivity contribution in [2.24, 2.45) is 0 Å². The van der Waals surface area contributed by atoms with Gasteiger partial charge in [0, 0.05) is 37.1 Å². The number of amides is 2. The van der Waals surface area contributed by atoms with Gasteiger partial charge in [-0.3, -0.25) is 9.59 Å². The zero-order valence-electron chi connectivity index (χ0n) is 15.5. The van der Waals surface area contributed by atoms with Crippen molar-refractivity contribution >= 4 is 17.5 Å². The Morgan fingerprint density at radius 2 is 1.58 bits per heavy atom. The minimum atomic E-state index is -0.190. The topological polar surface area (TPSA) is 67.4 Å². The molecular formula is C21H26N2O3. The van der Waals surface area contributed by atoms with Crippen molar-refractivity contribution < 1.29 is 14.3 Å². The van der Waals surface area contributed by atoms with E-state index in [2.05, 4.69) is 24.5 Å². The number of rotatable bonds is 8. The second-order valence-electron chi connectivity index (χ2n) is 6.38. The van der Waals surface area contributed by atoms with E-state index in [0.717, 1.165) is 17.7 Å². The molecule has 138 valence electrons. The first-order valence-corrected chi connectivity index (χ1v) is 8.80. The number of carbonyl (C=O) groups excluding carboxylic acids is 2. The molecule has 0 bridgehead atoms. The van der Waals surface area contributed by atoms with Crippen molar-refractivity contribution in [3.05, 3.63) is 65.2 Å². The van der Waals surface area contributed by atoms with E-state index in [9.17, 15) is 9.59 Å². The number of para-hydroxylation sites is 1. The quantitative estimate of drug-likeness (QED) is 0.708. The Balaban J connectivity index is 2.00. The number of anilines is 1. The lowest BCUT2D eigenvalue weighted by atomic mass is 10.0. The van der Waals surface area contributed by atoms with Crippen molar-refractivity contribution in [3.8, 4) is 0 Å². The van der Waals surface area contributed by atoms with Gasteiger partial charge in [-0.25, -0.2) is 0 Å². The third kappa shape index (κ3) is 5.43. The minimum Gasteiger partial charge on any atom is -0.385 e. The Kier molecular flexibility index (Phi) is 7.36. The lowest BCUT2D eigenvalue weighted by molar-refractivity contribution is 0.0947. The molecule has 0 atom stereocenters. The molecule has 0 fully saturated rings. The van der Waals surface area contributed by atoms with Gasteiger partial charge in [-0.1, -0.05) is 32.0 Å². The molecule has 5 heteroatoms. The summed E-state index contributed by atoms with van der Waals surface area (Å²) in [6.45, 7) is 5.34. The van der Waals surface area contributed by atoms with Crippen LogP contribution in [0, 0.1) is 0 Å². The molecule has 0 aromatic heterocycles. The first-order valence-electron chi connectivity index (χ1n) is 8.80. The van der Waals surface area contributed by atoms with E-state index >= 15 is 0 Å². The van der Waals surface area contributed by atoms with Crippen LogP contribution in [0.1, 0.15) is 52.5 Å². The van der Waals surface area contributed by atoms with E-state index in [4.69, 9.17) is 4.74 Å². The average molecular weight is 354 g/mol. The van der Waals surface area contributed by atoms with Crippen LogP contribution < -0.4 is 10.6 Å². The van der Waals surface area contributed by atoms with Gasteiger partial charge in [0.25, 0.3) is 11.8 Å². The van der Waals surface area contributed by atoms with Crippen LogP contribution >= 0.6 is 0 Å². The largest absolute Gasteiger partial charge is 0.385 e. The van der Waals surface area contributed by atoms with E-state index < -0.39 is 0 Å². The van der Waals surface area contributed by atoms with E-state index in [1.807, 2.05) is 24.3 Å². The van der Waals surface area contributed by atoms with E-state index in [1.54, 1.807) is 31.4 Å². The summed E-state index contributed by atoms with van der Waals surface area (Å²) in [5.41, 5.74) is 2.95. The highest BCUT2D eigenvalue weighted by atomic mass is 16.5. The minimum absolute atomic E-state index is 0.154. The Labute approximate surface area is 154 Å². The monoisotopic (exact) mass is 354 g/mol. The first-order chi connectivity index (χ1) is 12.5. The number of nitrogens with one attached hydrogen (secondary N) is 2. The lowest BCUT2D eigenvalue weighted by Gasteiger charge is -2.13. The summed E-state index contributed by atoms with van der Waals surface area (Å²) in [6, 6.07) is 14.4. The van der Waals surface area contributed by atoms with Crippen molar-refractivity contribution in [2.75, 3.05) is 25.6 Å². The maximum atomic E-state index is 12.5. The summed E-state index contributed by atoms with van der Waals surface area (Å²) in [6.07, 6.45) is 0.762. The van der Waals surface area contributed by atoms with Crippen LogP contribution in [0.2, 0.25) is 0 Å². The number of methoxy groups -OCH3 is 1. The van der Waals surface area contributed by atoms with Crippen LogP contribution in [0.25, 0.3) is 0 Å². The van der Waals surface area contributed by atoms with Crippen LogP contribution in [-0.4, -0.2) is 32.1 Å². The Hall–Kier alpha value is -2.66. The summed E-state index contributed by atoms with van der Waals surface area (Å²) in [7, 11) is 1.63. The molecule has 2 N–H and O–H groups in total. The van der Waals surface area contributed by atoms with Gasteiger partial charge >= 0.3 is 0 Å². The van der Waals surface area contributed by atoms with Crippen molar-refractivity contribution in [3.63, 3.8) is 0 Å². The fraction of sp³-hybridized carbons (Fsp3) is 0.333.